The molecule has 1 fully saturated rings. The number of carbonyl (C=O) groups excluding carboxylic acids is 2. The number of rotatable bonds is 11. The number of hydrogen-bond donors (Lipinski definition) is 3. The molecule has 0 aliphatic carbocycles. The standard InChI is InChI=1S/C27H36ClN3O5/c1-18(24(29-2)19-10-13-35-14-11-19)31-26(32)22-8-4-6-20(16-22)25(21-7-5-9-23(28)17-21)36-15-12-30-27(33)34-3/h4-9,16-19,24-25,29H,10-15H2,1-3H3,(H,30,33)(H,31,32). The summed E-state index contributed by atoms with van der Waals surface area (Å²) in [6.45, 7) is 4.06. The van der Waals surface area contributed by atoms with Crippen molar-refractivity contribution in [2.45, 2.75) is 38.0 Å². The number of likely N-dealkylation sites (N-methyl/N-ethyl adjacent to an activating group) is 1. The van der Waals surface area contributed by atoms with E-state index in [-0.39, 0.29) is 31.1 Å². The Hall–Kier alpha value is -2.65. The minimum absolute atomic E-state index is 0.0568. The second kappa shape index (κ2) is 14.2. The molecule has 2 amide bonds. The number of hydrogen-bond acceptors (Lipinski definition) is 6. The van der Waals surface area contributed by atoms with Crippen LogP contribution in [-0.4, -0.2) is 64.6 Å². The van der Waals surface area contributed by atoms with E-state index in [2.05, 4.69) is 20.7 Å². The van der Waals surface area contributed by atoms with Crippen LogP contribution in [0.1, 0.15) is 47.4 Å². The lowest BCUT2D eigenvalue weighted by Crippen LogP contribution is -2.52. The first-order chi connectivity index (χ1) is 17.4. The molecule has 0 bridgehead atoms. The van der Waals surface area contributed by atoms with Crippen molar-refractivity contribution in [2.75, 3.05) is 40.5 Å². The van der Waals surface area contributed by atoms with Crippen LogP contribution in [0.2, 0.25) is 5.02 Å². The van der Waals surface area contributed by atoms with Crippen LogP contribution in [0.25, 0.3) is 0 Å². The topological polar surface area (TPSA) is 97.9 Å². The molecule has 2 aromatic carbocycles. The molecule has 196 valence electrons. The molecular weight excluding hydrogens is 482 g/mol. The molecule has 1 saturated heterocycles. The molecule has 0 radical (unpaired) electrons. The third kappa shape index (κ3) is 7.93. The van der Waals surface area contributed by atoms with Crippen LogP contribution in [-0.2, 0) is 14.2 Å². The van der Waals surface area contributed by atoms with Crippen molar-refractivity contribution in [1.82, 2.24) is 16.0 Å². The summed E-state index contributed by atoms with van der Waals surface area (Å²) in [6, 6.07) is 14.9. The molecule has 0 aromatic heterocycles. The van der Waals surface area contributed by atoms with Gasteiger partial charge in [0.15, 0.2) is 0 Å². The molecule has 2 aromatic rings. The normalized spacial score (nSPS) is 16.6. The van der Waals surface area contributed by atoms with Crippen molar-refractivity contribution in [3.05, 3.63) is 70.2 Å². The molecular formula is C27H36ClN3O5. The molecule has 36 heavy (non-hydrogen) atoms. The molecule has 1 aliphatic rings. The first-order valence-electron chi connectivity index (χ1n) is 12.3. The number of nitrogens with one attached hydrogen (secondary N) is 3. The van der Waals surface area contributed by atoms with Gasteiger partial charge < -0.3 is 30.2 Å². The van der Waals surface area contributed by atoms with E-state index in [0.717, 1.165) is 37.2 Å². The molecule has 3 N–H and O–H groups in total. The van der Waals surface area contributed by atoms with Crippen LogP contribution in [0.3, 0.4) is 0 Å². The van der Waals surface area contributed by atoms with Gasteiger partial charge in [0, 0.05) is 42.4 Å². The van der Waals surface area contributed by atoms with Crippen molar-refractivity contribution in [3.8, 4) is 0 Å². The van der Waals surface area contributed by atoms with Gasteiger partial charge in [0.1, 0.15) is 6.10 Å². The van der Waals surface area contributed by atoms with E-state index in [1.54, 1.807) is 12.1 Å². The molecule has 1 heterocycles. The monoisotopic (exact) mass is 517 g/mol. The summed E-state index contributed by atoms with van der Waals surface area (Å²) in [4.78, 5) is 24.6. The van der Waals surface area contributed by atoms with E-state index < -0.39 is 12.2 Å². The van der Waals surface area contributed by atoms with Crippen LogP contribution < -0.4 is 16.0 Å². The van der Waals surface area contributed by atoms with Crippen LogP contribution in [0.15, 0.2) is 48.5 Å². The van der Waals surface area contributed by atoms with Crippen LogP contribution in [0.4, 0.5) is 4.79 Å². The van der Waals surface area contributed by atoms with Gasteiger partial charge in [-0.3, -0.25) is 4.79 Å². The van der Waals surface area contributed by atoms with E-state index in [4.69, 9.17) is 21.1 Å². The van der Waals surface area contributed by atoms with Gasteiger partial charge in [-0.1, -0.05) is 35.9 Å². The summed E-state index contributed by atoms with van der Waals surface area (Å²) in [6.07, 6.45) is 0.960. The lowest BCUT2D eigenvalue weighted by atomic mass is 9.87. The highest BCUT2D eigenvalue weighted by Crippen LogP contribution is 2.29. The zero-order valence-corrected chi connectivity index (χ0v) is 21.8. The van der Waals surface area contributed by atoms with Crippen LogP contribution in [0.5, 0.6) is 0 Å². The Kier molecular flexibility index (Phi) is 11.0. The van der Waals surface area contributed by atoms with Crippen molar-refractivity contribution >= 4 is 23.6 Å². The van der Waals surface area contributed by atoms with Crippen molar-refractivity contribution in [2.24, 2.45) is 5.92 Å². The van der Waals surface area contributed by atoms with Crippen molar-refractivity contribution < 1.29 is 23.8 Å². The first kappa shape index (κ1) is 27.9. The Morgan fingerprint density at radius 2 is 1.81 bits per heavy atom. The Morgan fingerprint density at radius 3 is 2.47 bits per heavy atom. The predicted octanol–water partition coefficient (Wildman–Crippen LogP) is 3.93. The molecule has 3 atom stereocenters. The maximum absolute atomic E-state index is 13.2. The molecule has 3 rings (SSSR count). The number of amides is 2. The second-order valence-corrected chi connectivity index (χ2v) is 9.31. The summed E-state index contributed by atoms with van der Waals surface area (Å²) < 4.78 is 16.2. The summed E-state index contributed by atoms with van der Waals surface area (Å²) in [5.74, 6) is 0.304. The highest BCUT2D eigenvalue weighted by atomic mass is 35.5. The summed E-state index contributed by atoms with van der Waals surface area (Å²) in [7, 11) is 3.25. The van der Waals surface area contributed by atoms with Gasteiger partial charge in [-0.05, 0) is 68.1 Å². The third-order valence-corrected chi connectivity index (χ3v) is 6.68. The van der Waals surface area contributed by atoms with Crippen LogP contribution in [0, 0.1) is 5.92 Å². The van der Waals surface area contributed by atoms with Gasteiger partial charge in [-0.15, -0.1) is 0 Å². The van der Waals surface area contributed by atoms with Crippen molar-refractivity contribution in [3.63, 3.8) is 0 Å². The molecule has 0 spiro atoms. The minimum Gasteiger partial charge on any atom is -0.453 e. The first-order valence-corrected chi connectivity index (χ1v) is 12.7. The fraction of sp³-hybridized carbons (Fsp3) is 0.481. The fourth-order valence-corrected chi connectivity index (χ4v) is 4.85. The Labute approximate surface area is 218 Å². The average molecular weight is 518 g/mol. The average Bonchev–Trinajstić information content (AvgIpc) is 2.89. The van der Waals surface area contributed by atoms with Gasteiger partial charge >= 0.3 is 6.09 Å². The highest BCUT2D eigenvalue weighted by Gasteiger charge is 2.28. The number of halogens is 1. The minimum atomic E-state index is -0.522. The van der Waals surface area contributed by atoms with E-state index in [1.807, 2.05) is 50.4 Å². The summed E-state index contributed by atoms with van der Waals surface area (Å²) >= 11 is 6.24. The largest absolute Gasteiger partial charge is 0.453 e. The maximum Gasteiger partial charge on any atom is 0.406 e. The molecule has 3 unspecified atom stereocenters. The van der Waals surface area contributed by atoms with Gasteiger partial charge in [0.2, 0.25) is 0 Å². The van der Waals surface area contributed by atoms with Crippen molar-refractivity contribution in [1.29, 1.82) is 0 Å². The fourth-order valence-electron chi connectivity index (χ4n) is 4.65. The van der Waals surface area contributed by atoms with Gasteiger partial charge in [-0.2, -0.15) is 0 Å². The Bertz CT molecular complexity index is 999. The maximum atomic E-state index is 13.2. The Morgan fingerprint density at radius 1 is 1.11 bits per heavy atom. The second-order valence-electron chi connectivity index (χ2n) is 8.88. The number of benzene rings is 2. The van der Waals surface area contributed by atoms with E-state index in [1.165, 1.54) is 7.11 Å². The molecule has 9 heteroatoms. The lowest BCUT2D eigenvalue weighted by molar-refractivity contribution is 0.0495. The molecule has 8 nitrogen and oxygen atoms in total. The van der Waals surface area contributed by atoms with E-state index in [0.29, 0.717) is 16.5 Å². The zero-order chi connectivity index (χ0) is 25.9. The number of carbonyl (C=O) groups is 2. The molecule has 1 aliphatic heterocycles. The SMILES string of the molecule is CNC(C1CCOCC1)C(C)NC(=O)c1cccc(C(OCCNC(=O)OC)c2cccc(Cl)c2)c1. The molecule has 0 saturated carbocycles. The Balaban J connectivity index is 1.74. The number of methoxy groups -OCH3 is 1. The number of ether oxygens (including phenoxy) is 3. The number of alkyl carbamates (subject to hydrolysis) is 1. The van der Waals surface area contributed by atoms with E-state index in [9.17, 15) is 9.59 Å². The predicted molar refractivity (Wildman–Crippen MR) is 139 cm³/mol. The third-order valence-electron chi connectivity index (χ3n) is 6.45. The van der Waals surface area contributed by atoms with Gasteiger partial charge in [0.25, 0.3) is 5.91 Å². The smallest absolute Gasteiger partial charge is 0.406 e. The lowest BCUT2D eigenvalue weighted by Gasteiger charge is -2.34. The summed E-state index contributed by atoms with van der Waals surface area (Å²) in [5, 5.41) is 9.74. The quantitative estimate of drug-likeness (QED) is 0.391. The van der Waals surface area contributed by atoms with Crippen LogP contribution >= 0.6 is 11.6 Å². The zero-order valence-electron chi connectivity index (χ0n) is 21.1. The van der Waals surface area contributed by atoms with Gasteiger partial charge in [-0.25, -0.2) is 4.79 Å². The van der Waals surface area contributed by atoms with E-state index >= 15 is 0 Å². The van der Waals surface area contributed by atoms with Gasteiger partial charge in [0.05, 0.1) is 13.7 Å². The highest BCUT2D eigenvalue weighted by molar-refractivity contribution is 6.30. The summed E-state index contributed by atoms with van der Waals surface area (Å²) in [5.41, 5.74) is 2.20.